The fraction of sp³-hybridized carbons (Fsp3) is 1.00. The zero-order valence-electron chi connectivity index (χ0n) is 13.9. The molecule has 1 saturated heterocycles. The Morgan fingerprint density at radius 2 is 1.76 bits per heavy atom. The molecule has 150 valence electrons. The van der Waals surface area contributed by atoms with E-state index in [1.165, 1.54) is 0 Å². The standard InChI is InChI=1S/C12H26O11P2/c1-19-24(15,16)22-9-11-12(10(14)8-20-11)23-25(17,18)21-7-5-3-2-4-6-13/h10-14H,2-9H2,1H3,(H,15,16)(H,17,18). The summed E-state index contributed by atoms with van der Waals surface area (Å²) in [6, 6.07) is 0. The third kappa shape index (κ3) is 9.03. The number of ether oxygens (including phenoxy) is 1. The van der Waals surface area contributed by atoms with E-state index in [9.17, 15) is 24.0 Å². The highest BCUT2D eigenvalue weighted by molar-refractivity contribution is 7.47. The number of phosphoric acid groups is 2. The lowest BCUT2D eigenvalue weighted by atomic mass is 10.2. The minimum Gasteiger partial charge on any atom is -0.396 e. The zero-order valence-corrected chi connectivity index (χ0v) is 15.7. The van der Waals surface area contributed by atoms with Gasteiger partial charge in [0.25, 0.3) is 0 Å². The molecule has 25 heavy (non-hydrogen) atoms. The fourth-order valence-electron chi connectivity index (χ4n) is 2.09. The van der Waals surface area contributed by atoms with Crippen LogP contribution in [0.25, 0.3) is 0 Å². The topological polar surface area (TPSA) is 161 Å². The van der Waals surface area contributed by atoms with Gasteiger partial charge in [-0.3, -0.25) is 18.1 Å². The van der Waals surface area contributed by atoms with Gasteiger partial charge in [0.2, 0.25) is 0 Å². The van der Waals surface area contributed by atoms with Gasteiger partial charge in [0, 0.05) is 13.7 Å². The summed E-state index contributed by atoms with van der Waals surface area (Å²) in [6.07, 6.45) is -0.882. The molecule has 4 N–H and O–H groups in total. The van der Waals surface area contributed by atoms with Crippen molar-refractivity contribution in [3.8, 4) is 0 Å². The van der Waals surface area contributed by atoms with Gasteiger partial charge in [0.1, 0.15) is 18.3 Å². The van der Waals surface area contributed by atoms with Crippen LogP contribution in [-0.2, 0) is 32.0 Å². The van der Waals surface area contributed by atoms with E-state index in [4.69, 9.17) is 18.9 Å². The minimum absolute atomic E-state index is 0.0282. The summed E-state index contributed by atoms with van der Waals surface area (Å²) in [4.78, 5) is 18.9. The van der Waals surface area contributed by atoms with Crippen LogP contribution in [0.2, 0.25) is 0 Å². The van der Waals surface area contributed by atoms with E-state index in [2.05, 4.69) is 9.05 Å². The molecule has 0 aliphatic carbocycles. The van der Waals surface area contributed by atoms with Gasteiger partial charge < -0.3 is 24.7 Å². The Bertz CT molecular complexity index is 474. The first-order chi connectivity index (χ1) is 11.7. The number of aliphatic hydroxyl groups excluding tert-OH is 2. The molecule has 11 nitrogen and oxygen atoms in total. The molecule has 5 unspecified atom stereocenters. The summed E-state index contributed by atoms with van der Waals surface area (Å²) in [6.45, 7) is -0.609. The van der Waals surface area contributed by atoms with Crippen LogP contribution in [0, 0.1) is 0 Å². The largest absolute Gasteiger partial charge is 0.472 e. The SMILES string of the molecule is COP(=O)(O)OCC1OCC(O)C1OP(=O)(O)OCCCCCCO. The van der Waals surface area contributed by atoms with Gasteiger partial charge in [0.05, 0.1) is 19.8 Å². The van der Waals surface area contributed by atoms with E-state index in [0.29, 0.717) is 12.8 Å². The van der Waals surface area contributed by atoms with Crippen LogP contribution in [0.3, 0.4) is 0 Å². The third-order valence-corrected chi connectivity index (χ3v) is 5.38. The van der Waals surface area contributed by atoms with Crippen molar-refractivity contribution in [1.82, 2.24) is 0 Å². The maximum Gasteiger partial charge on any atom is 0.472 e. The summed E-state index contributed by atoms with van der Waals surface area (Å²) in [5.74, 6) is 0. The molecule has 1 aliphatic heterocycles. The Morgan fingerprint density at radius 3 is 2.40 bits per heavy atom. The number of unbranched alkanes of at least 4 members (excludes halogenated alkanes) is 3. The second-order valence-corrected chi connectivity index (χ2v) is 8.36. The lowest BCUT2D eigenvalue weighted by molar-refractivity contribution is -0.0119. The van der Waals surface area contributed by atoms with E-state index in [-0.39, 0.29) is 19.8 Å². The van der Waals surface area contributed by atoms with Crippen molar-refractivity contribution >= 4 is 15.6 Å². The summed E-state index contributed by atoms with van der Waals surface area (Å²) in [5, 5.41) is 18.4. The van der Waals surface area contributed by atoms with Crippen LogP contribution in [0.4, 0.5) is 0 Å². The van der Waals surface area contributed by atoms with Crippen molar-refractivity contribution in [2.45, 2.75) is 44.0 Å². The predicted molar refractivity (Wildman–Crippen MR) is 84.7 cm³/mol. The fourth-order valence-corrected chi connectivity index (χ4v) is 3.54. The highest BCUT2D eigenvalue weighted by Gasteiger charge is 2.43. The van der Waals surface area contributed by atoms with Gasteiger partial charge >= 0.3 is 15.6 Å². The van der Waals surface area contributed by atoms with E-state index in [1.807, 2.05) is 0 Å². The maximum absolute atomic E-state index is 11.9. The minimum atomic E-state index is -4.45. The quantitative estimate of drug-likeness (QED) is 0.249. The van der Waals surface area contributed by atoms with Gasteiger partial charge in [-0.1, -0.05) is 12.8 Å². The predicted octanol–water partition coefficient (Wildman–Crippen LogP) is 0.564. The molecule has 1 heterocycles. The van der Waals surface area contributed by atoms with Crippen molar-refractivity contribution in [1.29, 1.82) is 0 Å². The molecule has 0 amide bonds. The molecule has 1 fully saturated rings. The van der Waals surface area contributed by atoms with Gasteiger partial charge in [-0.25, -0.2) is 9.13 Å². The summed E-state index contributed by atoms with van der Waals surface area (Å²) >= 11 is 0. The van der Waals surface area contributed by atoms with E-state index >= 15 is 0 Å². The van der Waals surface area contributed by atoms with Gasteiger partial charge in [-0.2, -0.15) is 0 Å². The van der Waals surface area contributed by atoms with Crippen LogP contribution < -0.4 is 0 Å². The van der Waals surface area contributed by atoms with Crippen molar-refractivity contribution in [3.63, 3.8) is 0 Å². The highest BCUT2D eigenvalue weighted by atomic mass is 31.2. The maximum atomic E-state index is 11.9. The van der Waals surface area contributed by atoms with Gasteiger partial charge in [-0.15, -0.1) is 0 Å². The van der Waals surface area contributed by atoms with E-state index < -0.39 is 40.6 Å². The van der Waals surface area contributed by atoms with Crippen LogP contribution in [0.15, 0.2) is 0 Å². The second-order valence-electron chi connectivity index (χ2n) is 5.40. The average molecular weight is 408 g/mol. The normalized spacial score (nSPS) is 28.6. The van der Waals surface area contributed by atoms with Crippen molar-refractivity contribution in [3.05, 3.63) is 0 Å². The number of rotatable bonds is 13. The summed E-state index contributed by atoms with van der Waals surface area (Å²) in [7, 11) is -7.72. The van der Waals surface area contributed by atoms with Crippen LogP contribution in [0.5, 0.6) is 0 Å². The first-order valence-corrected chi connectivity index (χ1v) is 10.8. The highest BCUT2D eigenvalue weighted by Crippen LogP contribution is 2.48. The molecule has 5 atom stereocenters. The summed E-state index contributed by atoms with van der Waals surface area (Å²) in [5.41, 5.74) is 0. The van der Waals surface area contributed by atoms with Crippen molar-refractivity contribution < 1.29 is 52.0 Å². The van der Waals surface area contributed by atoms with Crippen LogP contribution in [0.1, 0.15) is 25.7 Å². The van der Waals surface area contributed by atoms with Crippen LogP contribution in [-0.4, -0.2) is 71.8 Å². The molecule has 0 aromatic heterocycles. The van der Waals surface area contributed by atoms with Gasteiger partial charge in [-0.05, 0) is 12.8 Å². The Kier molecular flexibility index (Phi) is 10.2. The summed E-state index contributed by atoms with van der Waals surface area (Å²) < 4.78 is 47.0. The molecular formula is C12H26O11P2. The number of aliphatic hydroxyl groups is 2. The number of hydrogen-bond donors (Lipinski definition) is 4. The zero-order chi connectivity index (χ0) is 18.9. The number of phosphoric ester groups is 2. The van der Waals surface area contributed by atoms with E-state index in [1.54, 1.807) is 0 Å². The molecular weight excluding hydrogens is 382 g/mol. The molecule has 13 heteroatoms. The lowest BCUT2D eigenvalue weighted by Crippen LogP contribution is -2.35. The van der Waals surface area contributed by atoms with Crippen LogP contribution >= 0.6 is 15.6 Å². The first kappa shape index (κ1) is 23.1. The Labute approximate surface area is 146 Å². The first-order valence-electron chi connectivity index (χ1n) is 7.80. The Hall–Kier alpha value is 0.1000. The monoisotopic (exact) mass is 408 g/mol. The third-order valence-electron chi connectivity index (χ3n) is 3.42. The molecule has 1 rings (SSSR count). The molecule has 0 aromatic rings. The lowest BCUT2D eigenvalue weighted by Gasteiger charge is -2.23. The molecule has 0 saturated carbocycles. The molecule has 0 spiro atoms. The smallest absolute Gasteiger partial charge is 0.396 e. The molecule has 0 aromatic carbocycles. The second kappa shape index (κ2) is 11.1. The van der Waals surface area contributed by atoms with Gasteiger partial charge in [0.15, 0.2) is 0 Å². The average Bonchev–Trinajstić information content (AvgIpc) is 2.89. The van der Waals surface area contributed by atoms with E-state index in [0.717, 1.165) is 20.0 Å². The van der Waals surface area contributed by atoms with Crippen molar-refractivity contribution in [2.75, 3.05) is 33.5 Å². The number of hydrogen-bond acceptors (Lipinski definition) is 9. The molecule has 0 bridgehead atoms. The molecule has 1 aliphatic rings. The van der Waals surface area contributed by atoms with Crippen molar-refractivity contribution in [2.24, 2.45) is 0 Å². The Morgan fingerprint density at radius 1 is 1.08 bits per heavy atom. The Balaban J connectivity index is 2.44. The molecule has 0 radical (unpaired) electrons.